The number of ether oxygens (including phenoxy) is 1. The number of fused-ring (bicyclic) bond motifs is 1. The largest absolute Gasteiger partial charge is 0.392 e. The normalized spacial score (nSPS) is 17.5. The Morgan fingerprint density at radius 2 is 2.33 bits per heavy atom. The molecule has 0 aromatic carbocycles. The van der Waals surface area contributed by atoms with Crippen LogP contribution in [-0.4, -0.2) is 29.4 Å². The monoisotopic (exact) mass is 309 g/mol. The summed E-state index contributed by atoms with van der Waals surface area (Å²) < 4.78 is 5.73. The lowest BCUT2D eigenvalue weighted by molar-refractivity contribution is -0.0383. The number of carbonyl (C=O) groups is 1. The van der Waals surface area contributed by atoms with Gasteiger partial charge in [0.25, 0.3) is 0 Å². The number of urea groups is 1. The molecule has 0 bridgehead atoms. The number of amides is 2. The van der Waals surface area contributed by atoms with Gasteiger partial charge in [0, 0.05) is 17.8 Å². The minimum absolute atomic E-state index is 0.162. The van der Waals surface area contributed by atoms with Crippen molar-refractivity contribution in [2.45, 2.75) is 45.5 Å². The van der Waals surface area contributed by atoms with Gasteiger partial charge in [0.05, 0.1) is 23.9 Å². The van der Waals surface area contributed by atoms with Gasteiger partial charge in [-0.05, 0) is 26.3 Å². The van der Waals surface area contributed by atoms with E-state index >= 15 is 0 Å². The minimum Gasteiger partial charge on any atom is -0.392 e. The third kappa shape index (κ3) is 3.73. The Balaban J connectivity index is 2.17. The number of hydrogen-bond donors (Lipinski definition) is 3. The second-order valence-corrected chi connectivity index (χ2v) is 6.83. The first-order chi connectivity index (χ1) is 9.82. The lowest BCUT2D eigenvalue weighted by Gasteiger charge is -2.29. The Kier molecular flexibility index (Phi) is 4.52. The van der Waals surface area contributed by atoms with Crippen LogP contribution >= 0.6 is 11.3 Å². The highest BCUT2D eigenvalue weighted by Crippen LogP contribution is 2.39. The zero-order valence-electron chi connectivity index (χ0n) is 12.3. The number of aliphatic hydroxyl groups is 1. The fourth-order valence-corrected chi connectivity index (χ4v) is 3.22. The Morgan fingerprint density at radius 1 is 1.62 bits per heavy atom. The molecule has 7 heteroatoms. The highest BCUT2D eigenvalue weighted by Gasteiger charge is 2.31. The van der Waals surface area contributed by atoms with Gasteiger partial charge in [-0.2, -0.15) is 5.26 Å². The van der Waals surface area contributed by atoms with E-state index in [0.717, 1.165) is 10.4 Å². The average molecular weight is 309 g/mol. The number of thiophene rings is 1. The lowest BCUT2D eigenvalue weighted by atomic mass is 9.93. The molecular formula is C14H19N3O3S. The second kappa shape index (κ2) is 6.02. The van der Waals surface area contributed by atoms with Gasteiger partial charge in [0.2, 0.25) is 0 Å². The van der Waals surface area contributed by atoms with Crippen molar-refractivity contribution in [3.05, 3.63) is 16.0 Å². The molecule has 1 aliphatic heterocycles. The Labute approximate surface area is 127 Å². The summed E-state index contributed by atoms with van der Waals surface area (Å²) in [6.07, 6.45) is 0.0375. The Hall–Kier alpha value is -1.62. The molecule has 0 spiro atoms. The van der Waals surface area contributed by atoms with E-state index in [1.807, 2.05) is 13.8 Å². The second-order valence-electron chi connectivity index (χ2n) is 5.73. The summed E-state index contributed by atoms with van der Waals surface area (Å²) in [5, 5.41) is 24.3. The van der Waals surface area contributed by atoms with Gasteiger partial charge in [0.15, 0.2) is 0 Å². The van der Waals surface area contributed by atoms with E-state index < -0.39 is 12.1 Å². The first kappa shape index (κ1) is 15.8. The summed E-state index contributed by atoms with van der Waals surface area (Å²) in [7, 11) is 0. The highest BCUT2D eigenvalue weighted by molar-refractivity contribution is 7.16. The first-order valence-corrected chi connectivity index (χ1v) is 7.55. The molecule has 2 amide bonds. The summed E-state index contributed by atoms with van der Waals surface area (Å²) in [6.45, 7) is 6.17. The van der Waals surface area contributed by atoms with Crippen LogP contribution in [0, 0.1) is 11.3 Å². The fourth-order valence-electron chi connectivity index (χ4n) is 2.15. The van der Waals surface area contributed by atoms with E-state index in [1.165, 1.54) is 11.3 Å². The van der Waals surface area contributed by atoms with Crippen molar-refractivity contribution in [1.29, 1.82) is 5.26 Å². The smallest absolute Gasteiger partial charge is 0.319 e. The van der Waals surface area contributed by atoms with E-state index in [-0.39, 0.29) is 12.1 Å². The summed E-state index contributed by atoms with van der Waals surface area (Å²) in [6, 6.07) is 1.75. The molecule has 0 saturated carbocycles. The summed E-state index contributed by atoms with van der Waals surface area (Å²) in [4.78, 5) is 12.7. The van der Waals surface area contributed by atoms with Crippen molar-refractivity contribution in [2.75, 3.05) is 11.9 Å². The molecule has 0 unspecified atom stereocenters. The number of carbonyl (C=O) groups excluding carboxylic acids is 1. The SMILES string of the molecule is C[C@@H](O)CNC(=O)Nc1sc2c(c1C#N)CC(C)(C)OC2. The van der Waals surface area contributed by atoms with Crippen molar-refractivity contribution in [2.24, 2.45) is 0 Å². The number of nitriles is 1. The predicted octanol–water partition coefficient (Wildman–Crippen LogP) is 1.97. The van der Waals surface area contributed by atoms with E-state index in [4.69, 9.17) is 9.84 Å². The van der Waals surface area contributed by atoms with Gasteiger partial charge in [0.1, 0.15) is 11.1 Å². The van der Waals surface area contributed by atoms with Crippen molar-refractivity contribution >= 4 is 22.4 Å². The lowest BCUT2D eigenvalue weighted by Crippen LogP contribution is -2.34. The van der Waals surface area contributed by atoms with Crippen LogP contribution < -0.4 is 10.6 Å². The molecular weight excluding hydrogens is 290 g/mol. The third-order valence-corrected chi connectivity index (χ3v) is 4.31. The standard InChI is InChI=1S/C14H19N3O3S/c1-8(18)6-16-13(19)17-12-10(5-15)9-4-14(2,3)20-7-11(9)21-12/h8,18H,4,6-7H2,1-3H3,(H2,16,17,19)/t8-/m1/s1. The van der Waals surface area contributed by atoms with E-state index in [1.54, 1.807) is 6.92 Å². The van der Waals surface area contributed by atoms with Crippen LogP contribution in [0.5, 0.6) is 0 Å². The molecule has 3 N–H and O–H groups in total. The van der Waals surface area contributed by atoms with Crippen LogP contribution in [0.15, 0.2) is 0 Å². The zero-order valence-corrected chi connectivity index (χ0v) is 13.1. The summed E-state index contributed by atoms with van der Waals surface area (Å²) in [5.74, 6) is 0. The fraction of sp³-hybridized carbons (Fsp3) is 0.571. The molecule has 21 heavy (non-hydrogen) atoms. The Bertz CT molecular complexity index is 587. The van der Waals surface area contributed by atoms with Crippen molar-refractivity contribution < 1.29 is 14.6 Å². The Morgan fingerprint density at radius 3 is 2.95 bits per heavy atom. The van der Waals surface area contributed by atoms with E-state index in [2.05, 4.69) is 16.7 Å². The predicted molar refractivity (Wildman–Crippen MR) is 80.3 cm³/mol. The first-order valence-electron chi connectivity index (χ1n) is 6.74. The zero-order chi connectivity index (χ0) is 15.6. The van der Waals surface area contributed by atoms with Gasteiger partial charge >= 0.3 is 6.03 Å². The molecule has 2 heterocycles. The maximum atomic E-state index is 11.8. The van der Waals surface area contributed by atoms with Crippen LogP contribution in [-0.2, 0) is 17.8 Å². The molecule has 0 aliphatic carbocycles. The maximum Gasteiger partial charge on any atom is 0.319 e. The van der Waals surface area contributed by atoms with Gasteiger partial charge in [-0.3, -0.25) is 5.32 Å². The van der Waals surface area contributed by atoms with Crippen LogP contribution in [0.1, 0.15) is 36.8 Å². The molecule has 1 aromatic heterocycles. The van der Waals surface area contributed by atoms with Crippen LogP contribution in [0.2, 0.25) is 0 Å². The molecule has 0 saturated heterocycles. The van der Waals surface area contributed by atoms with Gasteiger partial charge in [-0.15, -0.1) is 11.3 Å². The maximum absolute atomic E-state index is 11.8. The third-order valence-electron chi connectivity index (χ3n) is 3.18. The molecule has 0 fully saturated rings. The number of hydrogen-bond acceptors (Lipinski definition) is 5. The molecule has 114 valence electrons. The van der Waals surface area contributed by atoms with Crippen LogP contribution in [0.4, 0.5) is 9.80 Å². The van der Waals surface area contributed by atoms with Gasteiger partial charge in [-0.1, -0.05) is 0 Å². The molecule has 1 atom stereocenters. The van der Waals surface area contributed by atoms with Crippen molar-refractivity contribution in [3.63, 3.8) is 0 Å². The number of aliphatic hydroxyl groups excluding tert-OH is 1. The number of anilines is 1. The molecule has 1 aliphatic rings. The molecule has 0 radical (unpaired) electrons. The topological polar surface area (TPSA) is 94.4 Å². The van der Waals surface area contributed by atoms with Crippen LogP contribution in [0.25, 0.3) is 0 Å². The van der Waals surface area contributed by atoms with Crippen LogP contribution in [0.3, 0.4) is 0 Å². The number of nitrogens with zero attached hydrogens (tertiary/aromatic N) is 1. The summed E-state index contributed by atoms with van der Waals surface area (Å²) in [5.41, 5.74) is 1.18. The van der Waals surface area contributed by atoms with Gasteiger partial charge in [-0.25, -0.2) is 4.79 Å². The van der Waals surface area contributed by atoms with E-state index in [9.17, 15) is 10.1 Å². The molecule has 2 rings (SSSR count). The van der Waals surface area contributed by atoms with E-state index in [0.29, 0.717) is 23.6 Å². The summed E-state index contributed by atoms with van der Waals surface area (Å²) >= 11 is 1.37. The van der Waals surface area contributed by atoms with Crippen molar-refractivity contribution in [1.82, 2.24) is 5.32 Å². The average Bonchev–Trinajstić information content (AvgIpc) is 2.71. The molecule has 1 aromatic rings. The molecule has 6 nitrogen and oxygen atoms in total. The number of nitrogens with one attached hydrogen (secondary N) is 2. The quantitative estimate of drug-likeness (QED) is 0.795. The van der Waals surface area contributed by atoms with Crippen molar-refractivity contribution in [3.8, 4) is 6.07 Å². The highest BCUT2D eigenvalue weighted by atomic mass is 32.1. The minimum atomic E-state index is -0.614. The number of rotatable bonds is 3. The van der Waals surface area contributed by atoms with Gasteiger partial charge < -0.3 is 15.2 Å².